The summed E-state index contributed by atoms with van der Waals surface area (Å²) in [5, 5.41) is 3.33. The van der Waals surface area contributed by atoms with E-state index in [-0.39, 0.29) is 17.6 Å². The Labute approximate surface area is 176 Å². The van der Waals surface area contributed by atoms with E-state index >= 15 is 0 Å². The molecule has 0 spiro atoms. The fourth-order valence-electron chi connectivity index (χ4n) is 3.33. The van der Waals surface area contributed by atoms with E-state index in [1.807, 2.05) is 13.8 Å². The predicted molar refractivity (Wildman–Crippen MR) is 114 cm³/mol. The second-order valence-corrected chi connectivity index (χ2v) is 8.04. The van der Waals surface area contributed by atoms with Gasteiger partial charge >= 0.3 is 0 Å². The minimum atomic E-state index is -0.413. The molecule has 8 heteroatoms. The highest BCUT2D eigenvalue weighted by Gasteiger charge is 2.15. The van der Waals surface area contributed by atoms with Crippen molar-refractivity contribution in [2.24, 2.45) is 5.92 Å². The van der Waals surface area contributed by atoms with Gasteiger partial charge in [0.25, 0.3) is 5.91 Å². The van der Waals surface area contributed by atoms with E-state index < -0.39 is 5.91 Å². The molecule has 1 aromatic rings. The van der Waals surface area contributed by atoms with E-state index in [0.29, 0.717) is 23.1 Å². The highest BCUT2D eigenvalue weighted by molar-refractivity contribution is 7.80. The van der Waals surface area contributed by atoms with Crippen molar-refractivity contribution < 1.29 is 14.3 Å². The van der Waals surface area contributed by atoms with Crippen LogP contribution in [0.2, 0.25) is 5.02 Å². The second kappa shape index (κ2) is 11.2. The average Bonchev–Trinajstić information content (AvgIpc) is 2.68. The van der Waals surface area contributed by atoms with Crippen molar-refractivity contribution in [3.05, 3.63) is 28.3 Å². The van der Waals surface area contributed by atoms with E-state index in [1.54, 1.807) is 12.1 Å². The van der Waals surface area contributed by atoms with Gasteiger partial charge in [0.05, 0.1) is 0 Å². The van der Waals surface area contributed by atoms with Gasteiger partial charge in [0, 0.05) is 11.4 Å². The molecule has 0 bridgehead atoms. The van der Waals surface area contributed by atoms with Crippen LogP contribution in [-0.4, -0.2) is 23.5 Å². The van der Waals surface area contributed by atoms with Gasteiger partial charge in [0.15, 0.2) is 11.7 Å². The van der Waals surface area contributed by atoms with Gasteiger partial charge in [-0.15, -0.1) is 0 Å². The first-order chi connectivity index (χ1) is 13.3. The number of benzene rings is 1. The molecule has 1 aliphatic rings. The third-order valence-electron chi connectivity index (χ3n) is 4.85. The number of carbonyl (C=O) groups is 2. The Morgan fingerprint density at radius 2 is 1.75 bits per heavy atom. The summed E-state index contributed by atoms with van der Waals surface area (Å²) in [7, 11) is 0. The van der Waals surface area contributed by atoms with E-state index in [0.717, 1.165) is 17.5 Å². The van der Waals surface area contributed by atoms with E-state index in [2.05, 4.69) is 16.2 Å². The Morgan fingerprint density at radius 3 is 2.39 bits per heavy atom. The van der Waals surface area contributed by atoms with E-state index in [1.165, 1.54) is 32.1 Å². The molecule has 1 saturated carbocycles. The van der Waals surface area contributed by atoms with Gasteiger partial charge in [-0.25, -0.2) is 0 Å². The summed E-state index contributed by atoms with van der Waals surface area (Å²) >= 11 is 11.1. The van der Waals surface area contributed by atoms with Crippen molar-refractivity contribution in [2.75, 3.05) is 6.61 Å². The van der Waals surface area contributed by atoms with Gasteiger partial charge in [-0.3, -0.25) is 20.4 Å². The number of carbonyl (C=O) groups excluding carboxylic acids is 2. The molecule has 154 valence electrons. The third-order valence-corrected chi connectivity index (χ3v) is 5.65. The van der Waals surface area contributed by atoms with Crippen molar-refractivity contribution in [1.29, 1.82) is 0 Å². The Balaban J connectivity index is 1.63. The van der Waals surface area contributed by atoms with Crippen LogP contribution in [0.25, 0.3) is 0 Å². The van der Waals surface area contributed by atoms with Crippen LogP contribution in [0, 0.1) is 19.8 Å². The molecule has 0 radical (unpaired) electrons. The number of nitrogens with one attached hydrogen (secondary N) is 3. The molecule has 0 unspecified atom stereocenters. The van der Waals surface area contributed by atoms with Gasteiger partial charge in [-0.1, -0.05) is 43.7 Å². The van der Waals surface area contributed by atoms with Crippen molar-refractivity contribution in [3.8, 4) is 5.75 Å². The van der Waals surface area contributed by atoms with Crippen LogP contribution in [0.15, 0.2) is 12.1 Å². The fraction of sp³-hybridized carbons (Fsp3) is 0.550. The molecule has 6 nitrogen and oxygen atoms in total. The standard InChI is InChI=1S/C20H28ClN3O3S/c1-13-10-16(11-14(2)19(13)21)27-12-18(26)23-24-20(28)22-17(25)9-8-15-6-4-3-5-7-15/h10-11,15H,3-9,12H2,1-2H3,(H,23,26)(H2,22,24,25,28). The fourth-order valence-corrected chi connectivity index (χ4v) is 3.61. The summed E-state index contributed by atoms with van der Waals surface area (Å²) in [5.41, 5.74) is 6.69. The largest absolute Gasteiger partial charge is 0.484 e. The molecule has 2 amide bonds. The zero-order valence-electron chi connectivity index (χ0n) is 16.4. The maximum Gasteiger partial charge on any atom is 0.276 e. The number of amides is 2. The molecule has 2 rings (SSSR count). The first-order valence-electron chi connectivity index (χ1n) is 9.63. The van der Waals surface area contributed by atoms with Gasteiger partial charge in [0.1, 0.15) is 5.75 Å². The number of hydrogen-bond donors (Lipinski definition) is 3. The van der Waals surface area contributed by atoms with Crippen LogP contribution in [0.1, 0.15) is 56.1 Å². The Hall–Kier alpha value is -1.86. The van der Waals surface area contributed by atoms with E-state index in [4.69, 9.17) is 28.6 Å². The lowest BCUT2D eigenvalue weighted by molar-refractivity contribution is -0.124. The Morgan fingerprint density at radius 1 is 1.11 bits per heavy atom. The minimum Gasteiger partial charge on any atom is -0.484 e. The lowest BCUT2D eigenvalue weighted by Gasteiger charge is -2.21. The molecular weight excluding hydrogens is 398 g/mol. The van der Waals surface area contributed by atoms with Crippen molar-refractivity contribution >= 4 is 40.7 Å². The number of aryl methyl sites for hydroxylation is 2. The zero-order valence-corrected chi connectivity index (χ0v) is 18.0. The number of rotatable bonds is 6. The quantitative estimate of drug-likeness (QED) is 0.478. The topological polar surface area (TPSA) is 79.5 Å². The van der Waals surface area contributed by atoms with Gasteiger partial charge < -0.3 is 10.1 Å². The SMILES string of the molecule is Cc1cc(OCC(=O)NNC(=S)NC(=O)CCC2CCCCC2)cc(C)c1Cl. The molecule has 3 N–H and O–H groups in total. The number of ether oxygens (including phenoxy) is 1. The van der Waals surface area contributed by atoms with Gasteiger partial charge in [0.2, 0.25) is 5.91 Å². The van der Waals surface area contributed by atoms with Crippen LogP contribution in [0.3, 0.4) is 0 Å². The highest BCUT2D eigenvalue weighted by atomic mass is 35.5. The molecule has 1 aliphatic carbocycles. The Bertz CT molecular complexity index is 698. The molecule has 28 heavy (non-hydrogen) atoms. The lowest BCUT2D eigenvalue weighted by atomic mass is 9.86. The third kappa shape index (κ3) is 7.64. The highest BCUT2D eigenvalue weighted by Crippen LogP contribution is 2.27. The number of thiocarbonyl (C=S) groups is 1. The number of hydrogen-bond acceptors (Lipinski definition) is 4. The summed E-state index contributed by atoms with van der Waals surface area (Å²) in [6.45, 7) is 3.56. The summed E-state index contributed by atoms with van der Waals surface area (Å²) in [6.07, 6.45) is 7.56. The predicted octanol–water partition coefficient (Wildman–Crippen LogP) is 3.72. The summed E-state index contributed by atoms with van der Waals surface area (Å²) in [5.74, 6) is 0.649. The normalized spacial score (nSPS) is 14.2. The minimum absolute atomic E-state index is 0.0696. The maximum absolute atomic E-state index is 12.0. The van der Waals surface area contributed by atoms with Crippen LogP contribution >= 0.6 is 23.8 Å². The lowest BCUT2D eigenvalue weighted by Crippen LogP contribution is -2.49. The molecule has 0 aliphatic heterocycles. The van der Waals surface area contributed by atoms with Crippen LogP contribution in [0.4, 0.5) is 0 Å². The summed E-state index contributed by atoms with van der Waals surface area (Å²) in [6, 6.07) is 3.54. The van der Waals surface area contributed by atoms with E-state index in [9.17, 15) is 9.59 Å². The smallest absolute Gasteiger partial charge is 0.276 e. The molecule has 0 heterocycles. The molecule has 0 atom stereocenters. The summed E-state index contributed by atoms with van der Waals surface area (Å²) < 4.78 is 5.46. The van der Waals surface area contributed by atoms with Crippen molar-refractivity contribution in [2.45, 2.75) is 58.8 Å². The van der Waals surface area contributed by atoms with Crippen molar-refractivity contribution in [1.82, 2.24) is 16.2 Å². The van der Waals surface area contributed by atoms with Gasteiger partial charge in [-0.2, -0.15) is 0 Å². The van der Waals surface area contributed by atoms with Crippen LogP contribution in [0.5, 0.6) is 5.75 Å². The second-order valence-electron chi connectivity index (χ2n) is 7.25. The molecule has 1 aromatic carbocycles. The van der Waals surface area contributed by atoms with Crippen LogP contribution in [-0.2, 0) is 9.59 Å². The zero-order chi connectivity index (χ0) is 20.5. The van der Waals surface area contributed by atoms with Gasteiger partial charge in [-0.05, 0) is 61.7 Å². The number of hydrazine groups is 1. The van der Waals surface area contributed by atoms with Crippen molar-refractivity contribution in [3.63, 3.8) is 0 Å². The molecule has 1 fully saturated rings. The monoisotopic (exact) mass is 425 g/mol. The molecule has 0 aromatic heterocycles. The number of halogens is 1. The van der Waals surface area contributed by atoms with Crippen LogP contribution < -0.4 is 20.9 Å². The first kappa shape index (κ1) is 22.4. The maximum atomic E-state index is 12.0. The summed E-state index contributed by atoms with van der Waals surface area (Å²) in [4.78, 5) is 23.8. The Kier molecular flexibility index (Phi) is 8.99. The average molecular weight is 426 g/mol. The first-order valence-corrected chi connectivity index (χ1v) is 10.4. The molecule has 0 saturated heterocycles. The molecular formula is C20H28ClN3O3S.